The molecule has 6 nitrogen and oxygen atoms in total. The molecule has 2 aliphatic rings. The molecule has 2 heterocycles. The van der Waals surface area contributed by atoms with Crippen molar-refractivity contribution >= 4 is 17.8 Å². The Kier molecular flexibility index (Phi) is 4.78. The molecule has 2 saturated heterocycles. The van der Waals surface area contributed by atoms with Gasteiger partial charge in [0.15, 0.2) is 0 Å². The van der Waals surface area contributed by atoms with Crippen LogP contribution in [0.15, 0.2) is 24.3 Å². The number of imide groups is 1. The second-order valence-corrected chi connectivity index (χ2v) is 6.27. The zero-order valence-corrected chi connectivity index (χ0v) is 13.3. The summed E-state index contributed by atoms with van der Waals surface area (Å²) in [7, 11) is 0. The number of amides is 4. The molecule has 0 radical (unpaired) electrons. The number of likely N-dealkylation sites (tertiary alicyclic amines) is 1. The van der Waals surface area contributed by atoms with E-state index in [2.05, 4.69) is 10.6 Å². The van der Waals surface area contributed by atoms with Gasteiger partial charge in [0, 0.05) is 19.0 Å². The van der Waals surface area contributed by atoms with Crippen molar-refractivity contribution < 1.29 is 18.8 Å². The Morgan fingerprint density at radius 3 is 2.88 bits per heavy atom. The van der Waals surface area contributed by atoms with Crippen molar-refractivity contribution in [3.63, 3.8) is 0 Å². The molecule has 0 spiro atoms. The van der Waals surface area contributed by atoms with Gasteiger partial charge in [-0.25, -0.2) is 9.18 Å². The maximum atomic E-state index is 13.3. The van der Waals surface area contributed by atoms with Crippen LogP contribution < -0.4 is 10.6 Å². The molecule has 2 atom stereocenters. The third kappa shape index (κ3) is 3.72. The predicted octanol–water partition coefficient (Wildman–Crippen LogP) is 1.35. The van der Waals surface area contributed by atoms with Gasteiger partial charge in [0.05, 0.1) is 0 Å². The van der Waals surface area contributed by atoms with Crippen LogP contribution >= 0.6 is 0 Å². The van der Waals surface area contributed by atoms with Crippen LogP contribution in [0.5, 0.6) is 0 Å². The average molecular weight is 333 g/mol. The predicted molar refractivity (Wildman–Crippen MR) is 84.5 cm³/mol. The molecular formula is C17H20FN3O3. The molecule has 1 aromatic rings. The van der Waals surface area contributed by atoms with Crippen molar-refractivity contribution in [2.24, 2.45) is 0 Å². The van der Waals surface area contributed by atoms with Crippen LogP contribution in [0.3, 0.4) is 0 Å². The summed E-state index contributed by atoms with van der Waals surface area (Å²) in [4.78, 5) is 36.9. The molecule has 0 unspecified atom stereocenters. The van der Waals surface area contributed by atoms with Crippen molar-refractivity contribution in [1.29, 1.82) is 0 Å². The van der Waals surface area contributed by atoms with E-state index in [1.165, 1.54) is 12.1 Å². The molecule has 2 N–H and O–H groups in total. The maximum Gasteiger partial charge on any atom is 0.322 e. The molecule has 7 heteroatoms. The van der Waals surface area contributed by atoms with Gasteiger partial charge in [-0.05, 0) is 43.4 Å². The third-order valence-electron chi connectivity index (χ3n) is 4.56. The van der Waals surface area contributed by atoms with Crippen LogP contribution in [0.4, 0.5) is 9.18 Å². The zero-order valence-electron chi connectivity index (χ0n) is 13.3. The van der Waals surface area contributed by atoms with Crippen molar-refractivity contribution in [3.8, 4) is 0 Å². The number of rotatable bonds is 5. The number of carbonyl (C=O) groups excluding carboxylic acids is 3. The Morgan fingerprint density at radius 1 is 1.33 bits per heavy atom. The van der Waals surface area contributed by atoms with Crippen molar-refractivity contribution in [1.82, 2.24) is 15.5 Å². The van der Waals surface area contributed by atoms with E-state index in [9.17, 15) is 18.8 Å². The first-order valence-corrected chi connectivity index (χ1v) is 8.18. The number of hydrogen-bond donors (Lipinski definition) is 2. The summed E-state index contributed by atoms with van der Waals surface area (Å²) in [5.41, 5.74) is 0.877. The maximum absolute atomic E-state index is 13.3. The average Bonchev–Trinajstić information content (AvgIpc) is 3.11. The van der Waals surface area contributed by atoms with Gasteiger partial charge < -0.3 is 10.2 Å². The quantitative estimate of drug-likeness (QED) is 0.799. The second kappa shape index (κ2) is 6.98. The standard InChI is InChI=1S/C17H20FN3O3/c18-12-4-1-3-11(9-12)10-13-5-2-8-21(13)15(22)7-6-14-16(23)20-17(24)19-14/h1,3-4,9,13-14H,2,5-8,10H2,(H2,19,20,23,24)/t13-,14-/m0/s1. The van der Waals surface area contributed by atoms with E-state index in [0.29, 0.717) is 19.4 Å². The van der Waals surface area contributed by atoms with Gasteiger partial charge >= 0.3 is 6.03 Å². The first kappa shape index (κ1) is 16.4. The lowest BCUT2D eigenvalue weighted by atomic mass is 10.0. The summed E-state index contributed by atoms with van der Waals surface area (Å²) in [6.45, 7) is 0.683. The van der Waals surface area contributed by atoms with Crippen LogP contribution in [-0.2, 0) is 16.0 Å². The van der Waals surface area contributed by atoms with E-state index in [4.69, 9.17) is 0 Å². The van der Waals surface area contributed by atoms with Crippen LogP contribution in [0.2, 0.25) is 0 Å². The molecule has 2 fully saturated rings. The van der Waals surface area contributed by atoms with Crippen molar-refractivity contribution in [2.75, 3.05) is 6.54 Å². The van der Waals surface area contributed by atoms with Crippen LogP contribution in [0.25, 0.3) is 0 Å². The van der Waals surface area contributed by atoms with Crippen LogP contribution in [0.1, 0.15) is 31.2 Å². The van der Waals surface area contributed by atoms with E-state index in [1.807, 2.05) is 11.0 Å². The van der Waals surface area contributed by atoms with E-state index in [1.54, 1.807) is 6.07 Å². The van der Waals surface area contributed by atoms with Gasteiger partial charge in [0.1, 0.15) is 11.9 Å². The first-order valence-electron chi connectivity index (χ1n) is 8.18. The number of halogens is 1. The monoisotopic (exact) mass is 333 g/mol. The van der Waals surface area contributed by atoms with E-state index >= 15 is 0 Å². The van der Waals surface area contributed by atoms with Gasteiger partial charge in [0.25, 0.3) is 5.91 Å². The van der Waals surface area contributed by atoms with Gasteiger partial charge in [-0.2, -0.15) is 0 Å². The number of benzene rings is 1. The topological polar surface area (TPSA) is 78.5 Å². The van der Waals surface area contributed by atoms with Crippen LogP contribution in [0, 0.1) is 5.82 Å². The summed E-state index contributed by atoms with van der Waals surface area (Å²) in [6, 6.07) is 5.36. The molecule has 24 heavy (non-hydrogen) atoms. The fourth-order valence-corrected chi connectivity index (χ4v) is 3.39. The highest BCUT2D eigenvalue weighted by molar-refractivity contribution is 6.04. The largest absolute Gasteiger partial charge is 0.339 e. The Morgan fingerprint density at radius 2 is 2.17 bits per heavy atom. The summed E-state index contributed by atoms with van der Waals surface area (Å²) >= 11 is 0. The summed E-state index contributed by atoms with van der Waals surface area (Å²) in [5.74, 6) is -0.681. The molecule has 1 aromatic carbocycles. The Bertz CT molecular complexity index is 664. The van der Waals surface area contributed by atoms with E-state index in [-0.39, 0.29) is 30.1 Å². The lowest BCUT2D eigenvalue weighted by Crippen LogP contribution is -2.38. The van der Waals surface area contributed by atoms with Gasteiger partial charge in [-0.15, -0.1) is 0 Å². The minimum absolute atomic E-state index is 0.0251. The fraction of sp³-hybridized carbons (Fsp3) is 0.471. The Balaban J connectivity index is 1.55. The molecule has 0 saturated carbocycles. The summed E-state index contributed by atoms with van der Waals surface area (Å²) < 4.78 is 13.3. The lowest BCUT2D eigenvalue weighted by molar-refractivity contribution is -0.132. The highest BCUT2D eigenvalue weighted by Crippen LogP contribution is 2.23. The second-order valence-electron chi connectivity index (χ2n) is 6.27. The minimum atomic E-state index is -0.634. The highest BCUT2D eigenvalue weighted by atomic mass is 19.1. The van der Waals surface area contributed by atoms with E-state index < -0.39 is 12.1 Å². The molecule has 3 rings (SSSR count). The molecule has 128 valence electrons. The molecule has 4 amide bonds. The molecule has 2 aliphatic heterocycles. The molecule has 0 aromatic heterocycles. The van der Waals surface area contributed by atoms with E-state index in [0.717, 1.165) is 18.4 Å². The van der Waals surface area contributed by atoms with Crippen LogP contribution in [-0.4, -0.2) is 41.4 Å². The Hall–Kier alpha value is -2.44. The summed E-state index contributed by atoms with van der Waals surface area (Å²) in [6.07, 6.45) is 2.94. The fourth-order valence-electron chi connectivity index (χ4n) is 3.39. The van der Waals surface area contributed by atoms with Gasteiger partial charge in [-0.3, -0.25) is 14.9 Å². The number of nitrogens with zero attached hydrogens (tertiary/aromatic N) is 1. The van der Waals surface area contributed by atoms with Gasteiger partial charge in [-0.1, -0.05) is 12.1 Å². The Labute approximate surface area is 139 Å². The van der Waals surface area contributed by atoms with Crippen molar-refractivity contribution in [3.05, 3.63) is 35.6 Å². The summed E-state index contributed by atoms with van der Waals surface area (Å²) in [5, 5.41) is 4.65. The smallest absolute Gasteiger partial charge is 0.322 e. The number of carbonyl (C=O) groups is 3. The van der Waals surface area contributed by atoms with Crippen molar-refractivity contribution in [2.45, 2.75) is 44.2 Å². The lowest BCUT2D eigenvalue weighted by Gasteiger charge is -2.25. The molecular weight excluding hydrogens is 313 g/mol. The van der Waals surface area contributed by atoms with Gasteiger partial charge in [0.2, 0.25) is 5.91 Å². The molecule has 0 aliphatic carbocycles. The number of hydrogen-bond acceptors (Lipinski definition) is 3. The minimum Gasteiger partial charge on any atom is -0.339 e. The normalized spacial score (nSPS) is 23.3. The third-order valence-corrected chi connectivity index (χ3v) is 4.56. The molecule has 0 bridgehead atoms. The number of urea groups is 1. The SMILES string of the molecule is O=C1NC(=O)[C@H](CCC(=O)N2CCC[C@H]2Cc2cccc(F)c2)N1. The number of nitrogens with one attached hydrogen (secondary N) is 2. The zero-order chi connectivity index (χ0) is 17.1. The highest BCUT2D eigenvalue weighted by Gasteiger charge is 2.32. The first-order chi connectivity index (χ1) is 11.5.